The molecule has 0 unspecified atom stereocenters. The number of nitrogens with one attached hydrogen (secondary N) is 1. The molecule has 1 aromatic rings. The molecule has 16 heavy (non-hydrogen) atoms. The van der Waals surface area contributed by atoms with E-state index >= 15 is 0 Å². The second-order valence-electron chi connectivity index (χ2n) is 4.74. The van der Waals surface area contributed by atoms with Crippen molar-refractivity contribution in [2.24, 2.45) is 5.92 Å². The summed E-state index contributed by atoms with van der Waals surface area (Å²) in [5.41, 5.74) is 5.71. The molecule has 1 fully saturated rings. The van der Waals surface area contributed by atoms with Gasteiger partial charge in [0, 0.05) is 12.1 Å². The van der Waals surface area contributed by atoms with Gasteiger partial charge >= 0.3 is 0 Å². The molecule has 0 spiro atoms. The molecule has 0 aliphatic heterocycles. The van der Waals surface area contributed by atoms with Gasteiger partial charge in [-0.1, -0.05) is 19.8 Å². The standard InChI is InChI=1S/C12H20N4/c1-8-5-3-4-6-10(8)16-12-7-11(13)14-9(2)15-12/h7-8,10H,3-6H2,1-2H3,(H3,13,14,15,16)/t8-,10-/m0/s1. The van der Waals surface area contributed by atoms with Gasteiger partial charge in [0.25, 0.3) is 0 Å². The van der Waals surface area contributed by atoms with Gasteiger partial charge in [0.05, 0.1) is 0 Å². The lowest BCUT2D eigenvalue weighted by molar-refractivity contribution is 0.349. The van der Waals surface area contributed by atoms with E-state index in [4.69, 9.17) is 5.73 Å². The van der Waals surface area contributed by atoms with Crippen molar-refractivity contribution in [2.75, 3.05) is 11.1 Å². The third-order valence-electron chi connectivity index (χ3n) is 3.30. The van der Waals surface area contributed by atoms with Gasteiger partial charge in [-0.25, -0.2) is 9.97 Å². The number of aromatic nitrogens is 2. The van der Waals surface area contributed by atoms with Crippen LogP contribution in [0.3, 0.4) is 0 Å². The SMILES string of the molecule is Cc1nc(N)cc(N[C@H]2CCCC[C@@H]2C)n1. The van der Waals surface area contributed by atoms with Crippen LogP contribution in [-0.2, 0) is 0 Å². The van der Waals surface area contributed by atoms with Gasteiger partial charge in [-0.3, -0.25) is 0 Å². The van der Waals surface area contributed by atoms with Crippen LogP contribution in [0.25, 0.3) is 0 Å². The first-order valence-electron chi connectivity index (χ1n) is 6.03. The highest BCUT2D eigenvalue weighted by molar-refractivity contribution is 5.45. The fourth-order valence-corrected chi connectivity index (χ4v) is 2.39. The van der Waals surface area contributed by atoms with Crippen molar-refractivity contribution >= 4 is 11.6 Å². The van der Waals surface area contributed by atoms with Gasteiger partial charge in [0.1, 0.15) is 17.5 Å². The van der Waals surface area contributed by atoms with E-state index < -0.39 is 0 Å². The highest BCUT2D eigenvalue weighted by atomic mass is 15.1. The number of hydrogen-bond acceptors (Lipinski definition) is 4. The van der Waals surface area contributed by atoms with Crippen LogP contribution in [0.4, 0.5) is 11.6 Å². The summed E-state index contributed by atoms with van der Waals surface area (Å²) in [5, 5.41) is 3.48. The Hall–Kier alpha value is -1.32. The molecule has 3 N–H and O–H groups in total. The summed E-state index contributed by atoms with van der Waals surface area (Å²) < 4.78 is 0. The quantitative estimate of drug-likeness (QED) is 0.803. The molecule has 0 saturated heterocycles. The number of hydrogen-bond donors (Lipinski definition) is 2. The first kappa shape index (κ1) is 11.2. The van der Waals surface area contributed by atoms with E-state index in [1.54, 1.807) is 0 Å². The Morgan fingerprint density at radius 1 is 1.31 bits per heavy atom. The van der Waals surface area contributed by atoms with Crippen LogP contribution in [0.5, 0.6) is 0 Å². The Bertz CT molecular complexity index is 344. The average Bonchev–Trinajstić information content (AvgIpc) is 2.20. The molecule has 1 aliphatic carbocycles. The first-order chi connectivity index (χ1) is 7.65. The zero-order valence-electron chi connectivity index (χ0n) is 10.0. The lowest BCUT2D eigenvalue weighted by Crippen LogP contribution is -2.30. The maximum Gasteiger partial charge on any atom is 0.132 e. The number of nitrogens with zero attached hydrogens (tertiary/aromatic N) is 2. The van der Waals surface area contributed by atoms with Crippen LogP contribution in [-0.4, -0.2) is 16.0 Å². The van der Waals surface area contributed by atoms with Gasteiger partial charge in [0.2, 0.25) is 0 Å². The Labute approximate surface area is 96.7 Å². The zero-order valence-corrected chi connectivity index (χ0v) is 10.0. The minimum Gasteiger partial charge on any atom is -0.384 e. The Morgan fingerprint density at radius 2 is 2.06 bits per heavy atom. The minimum absolute atomic E-state index is 0.530. The molecule has 4 nitrogen and oxygen atoms in total. The summed E-state index contributed by atoms with van der Waals surface area (Å²) in [6, 6.07) is 2.34. The molecule has 0 amide bonds. The molecule has 2 atom stereocenters. The predicted molar refractivity (Wildman–Crippen MR) is 66.2 cm³/mol. The van der Waals surface area contributed by atoms with Gasteiger partial charge in [0.15, 0.2) is 0 Å². The Morgan fingerprint density at radius 3 is 2.75 bits per heavy atom. The summed E-state index contributed by atoms with van der Waals surface area (Å²) in [5.74, 6) is 2.85. The maximum absolute atomic E-state index is 5.71. The lowest BCUT2D eigenvalue weighted by Gasteiger charge is -2.29. The molecule has 1 heterocycles. The van der Waals surface area contributed by atoms with E-state index in [0.29, 0.717) is 17.8 Å². The summed E-state index contributed by atoms with van der Waals surface area (Å²) in [4.78, 5) is 8.43. The van der Waals surface area contributed by atoms with Crippen molar-refractivity contribution in [1.29, 1.82) is 0 Å². The summed E-state index contributed by atoms with van der Waals surface area (Å²) in [6.45, 7) is 4.17. The molecular formula is C12H20N4. The molecule has 1 aliphatic rings. The first-order valence-corrected chi connectivity index (χ1v) is 6.03. The molecule has 1 aromatic heterocycles. The Kier molecular flexibility index (Phi) is 3.27. The van der Waals surface area contributed by atoms with Crippen LogP contribution < -0.4 is 11.1 Å². The van der Waals surface area contributed by atoms with Crippen molar-refractivity contribution in [3.63, 3.8) is 0 Å². The predicted octanol–water partition coefficient (Wildman–Crippen LogP) is 2.36. The third-order valence-corrected chi connectivity index (χ3v) is 3.30. The minimum atomic E-state index is 0.530. The summed E-state index contributed by atoms with van der Waals surface area (Å²) >= 11 is 0. The Balaban J connectivity index is 2.07. The number of nitrogens with two attached hydrogens (primary N) is 1. The van der Waals surface area contributed by atoms with E-state index in [0.717, 1.165) is 11.6 Å². The molecule has 88 valence electrons. The normalized spacial score (nSPS) is 25.4. The van der Waals surface area contributed by atoms with E-state index in [2.05, 4.69) is 22.2 Å². The van der Waals surface area contributed by atoms with E-state index in [9.17, 15) is 0 Å². The van der Waals surface area contributed by atoms with Crippen LogP contribution >= 0.6 is 0 Å². The van der Waals surface area contributed by atoms with E-state index in [1.165, 1.54) is 25.7 Å². The van der Waals surface area contributed by atoms with Gasteiger partial charge in [-0.15, -0.1) is 0 Å². The summed E-state index contributed by atoms with van der Waals surface area (Å²) in [6.07, 6.45) is 5.19. The molecule has 4 heteroatoms. The van der Waals surface area contributed by atoms with Crippen molar-refractivity contribution in [3.8, 4) is 0 Å². The number of aryl methyl sites for hydroxylation is 1. The van der Waals surface area contributed by atoms with Crippen molar-refractivity contribution in [2.45, 2.75) is 45.6 Å². The van der Waals surface area contributed by atoms with Gasteiger partial charge in [-0.05, 0) is 25.7 Å². The molecule has 2 rings (SSSR count). The second-order valence-corrected chi connectivity index (χ2v) is 4.74. The molecule has 0 bridgehead atoms. The number of nitrogen functional groups attached to an aromatic ring is 1. The number of rotatable bonds is 2. The molecular weight excluding hydrogens is 200 g/mol. The fourth-order valence-electron chi connectivity index (χ4n) is 2.39. The second kappa shape index (κ2) is 4.68. The van der Waals surface area contributed by atoms with Crippen molar-refractivity contribution < 1.29 is 0 Å². The van der Waals surface area contributed by atoms with E-state index in [-0.39, 0.29) is 0 Å². The van der Waals surface area contributed by atoms with Crippen LogP contribution in [0.1, 0.15) is 38.4 Å². The molecule has 1 saturated carbocycles. The third kappa shape index (κ3) is 2.62. The van der Waals surface area contributed by atoms with Gasteiger partial charge < -0.3 is 11.1 Å². The monoisotopic (exact) mass is 220 g/mol. The lowest BCUT2D eigenvalue weighted by atomic mass is 9.86. The molecule has 0 radical (unpaired) electrons. The zero-order chi connectivity index (χ0) is 11.5. The number of anilines is 2. The van der Waals surface area contributed by atoms with Crippen LogP contribution in [0.2, 0.25) is 0 Å². The largest absolute Gasteiger partial charge is 0.384 e. The van der Waals surface area contributed by atoms with Crippen LogP contribution in [0, 0.1) is 12.8 Å². The highest BCUT2D eigenvalue weighted by Gasteiger charge is 2.21. The smallest absolute Gasteiger partial charge is 0.132 e. The maximum atomic E-state index is 5.71. The molecule has 0 aromatic carbocycles. The van der Waals surface area contributed by atoms with Gasteiger partial charge in [-0.2, -0.15) is 0 Å². The van der Waals surface area contributed by atoms with Crippen molar-refractivity contribution in [3.05, 3.63) is 11.9 Å². The fraction of sp³-hybridized carbons (Fsp3) is 0.667. The average molecular weight is 220 g/mol. The van der Waals surface area contributed by atoms with Crippen molar-refractivity contribution in [1.82, 2.24) is 9.97 Å². The topological polar surface area (TPSA) is 63.8 Å². The van der Waals surface area contributed by atoms with E-state index in [1.807, 2.05) is 13.0 Å². The summed E-state index contributed by atoms with van der Waals surface area (Å²) in [7, 11) is 0. The van der Waals surface area contributed by atoms with Crippen LogP contribution in [0.15, 0.2) is 6.07 Å². The highest BCUT2D eigenvalue weighted by Crippen LogP contribution is 2.26.